The first-order valence-electron chi connectivity index (χ1n) is 9.62. The largest absolute Gasteiger partial charge is 0.436 e. The van der Waals surface area contributed by atoms with Crippen molar-refractivity contribution in [3.05, 3.63) is 48.7 Å². The molecule has 29 heavy (non-hydrogen) atoms. The molecule has 1 aromatic carbocycles. The SMILES string of the molecule is CN1CCC(n2cc(-c3cnc(N)c(-c4nc5c(F)cccc5o4)c3)cn2)CC1. The summed E-state index contributed by atoms with van der Waals surface area (Å²) in [5, 5.41) is 4.56. The second kappa shape index (κ2) is 6.97. The lowest BCUT2D eigenvalue weighted by Gasteiger charge is -2.28. The molecule has 0 bridgehead atoms. The normalized spacial score (nSPS) is 15.9. The van der Waals surface area contributed by atoms with Gasteiger partial charge in [0, 0.05) is 23.5 Å². The molecule has 1 saturated heterocycles. The van der Waals surface area contributed by atoms with Gasteiger partial charge in [0.1, 0.15) is 11.3 Å². The number of pyridine rings is 1. The Hall–Kier alpha value is -3.26. The first-order chi connectivity index (χ1) is 14.1. The molecule has 0 aliphatic carbocycles. The number of hydrogen-bond donors (Lipinski definition) is 1. The van der Waals surface area contributed by atoms with Crippen LogP contribution in [0.4, 0.5) is 10.2 Å². The third-order valence-electron chi connectivity index (χ3n) is 5.52. The summed E-state index contributed by atoms with van der Waals surface area (Å²) in [6.07, 6.45) is 7.74. The third-order valence-corrected chi connectivity index (χ3v) is 5.52. The zero-order valence-corrected chi connectivity index (χ0v) is 16.0. The van der Waals surface area contributed by atoms with Crippen molar-refractivity contribution in [1.82, 2.24) is 24.6 Å². The number of nitrogens with two attached hydrogens (primary N) is 1. The highest BCUT2D eigenvalue weighted by Crippen LogP contribution is 2.32. The van der Waals surface area contributed by atoms with Crippen LogP contribution in [0.15, 0.2) is 47.3 Å². The van der Waals surface area contributed by atoms with E-state index < -0.39 is 5.82 Å². The van der Waals surface area contributed by atoms with E-state index >= 15 is 0 Å². The second-order valence-electron chi connectivity index (χ2n) is 7.51. The van der Waals surface area contributed by atoms with Crippen molar-refractivity contribution >= 4 is 16.9 Å². The summed E-state index contributed by atoms with van der Waals surface area (Å²) in [7, 11) is 2.14. The minimum atomic E-state index is -0.431. The van der Waals surface area contributed by atoms with Gasteiger partial charge in [-0.15, -0.1) is 0 Å². The number of rotatable bonds is 3. The van der Waals surface area contributed by atoms with E-state index in [0.717, 1.165) is 37.1 Å². The topological polar surface area (TPSA) is 86.0 Å². The number of nitrogens with zero attached hydrogens (tertiary/aromatic N) is 5. The lowest BCUT2D eigenvalue weighted by Crippen LogP contribution is -2.31. The Bertz CT molecular complexity index is 1180. The maximum absolute atomic E-state index is 14.0. The minimum absolute atomic E-state index is 0.183. The van der Waals surface area contributed by atoms with Gasteiger partial charge in [-0.2, -0.15) is 5.10 Å². The molecular weight excluding hydrogens is 371 g/mol. The fourth-order valence-electron chi connectivity index (χ4n) is 3.78. The molecule has 8 heteroatoms. The van der Waals surface area contributed by atoms with E-state index in [4.69, 9.17) is 10.2 Å². The number of benzene rings is 1. The highest BCUT2D eigenvalue weighted by atomic mass is 19.1. The van der Waals surface area contributed by atoms with Crippen LogP contribution in [0.1, 0.15) is 18.9 Å². The molecule has 0 spiro atoms. The van der Waals surface area contributed by atoms with Gasteiger partial charge in [-0.1, -0.05) is 6.07 Å². The molecule has 1 aliphatic rings. The Morgan fingerprint density at radius 3 is 2.79 bits per heavy atom. The number of oxazole rings is 1. The molecule has 2 N–H and O–H groups in total. The van der Waals surface area contributed by atoms with Crippen molar-refractivity contribution in [2.24, 2.45) is 0 Å². The van der Waals surface area contributed by atoms with Gasteiger partial charge in [-0.3, -0.25) is 4.68 Å². The quantitative estimate of drug-likeness (QED) is 0.572. The van der Waals surface area contributed by atoms with Gasteiger partial charge in [0.25, 0.3) is 0 Å². The van der Waals surface area contributed by atoms with E-state index in [0.29, 0.717) is 17.2 Å². The van der Waals surface area contributed by atoms with Crippen LogP contribution < -0.4 is 5.73 Å². The van der Waals surface area contributed by atoms with Crippen LogP contribution in [0.2, 0.25) is 0 Å². The van der Waals surface area contributed by atoms with Crippen LogP contribution in [0.25, 0.3) is 33.7 Å². The van der Waals surface area contributed by atoms with Crippen molar-refractivity contribution in [2.75, 3.05) is 25.9 Å². The van der Waals surface area contributed by atoms with Crippen molar-refractivity contribution in [1.29, 1.82) is 0 Å². The molecule has 1 aliphatic heterocycles. The first kappa shape index (κ1) is 17.8. The third kappa shape index (κ3) is 3.25. The summed E-state index contributed by atoms with van der Waals surface area (Å²) in [5.74, 6) is 0.0997. The van der Waals surface area contributed by atoms with E-state index in [2.05, 4.69) is 27.0 Å². The molecule has 1 fully saturated rings. The number of piperidine rings is 1. The van der Waals surface area contributed by atoms with Crippen LogP contribution in [-0.2, 0) is 0 Å². The second-order valence-corrected chi connectivity index (χ2v) is 7.51. The Kier molecular flexibility index (Phi) is 4.28. The van der Waals surface area contributed by atoms with Crippen LogP contribution in [0.3, 0.4) is 0 Å². The summed E-state index contributed by atoms with van der Waals surface area (Å²) in [5.41, 5.74) is 8.96. The summed E-state index contributed by atoms with van der Waals surface area (Å²) >= 11 is 0. The number of hydrogen-bond acceptors (Lipinski definition) is 6. The van der Waals surface area contributed by atoms with Crippen LogP contribution >= 0.6 is 0 Å². The fourth-order valence-corrected chi connectivity index (χ4v) is 3.78. The van der Waals surface area contributed by atoms with E-state index in [1.807, 2.05) is 23.1 Å². The van der Waals surface area contributed by atoms with Crippen molar-refractivity contribution in [3.63, 3.8) is 0 Å². The Morgan fingerprint density at radius 1 is 1.17 bits per heavy atom. The predicted molar refractivity (Wildman–Crippen MR) is 109 cm³/mol. The maximum Gasteiger partial charge on any atom is 0.231 e. The average Bonchev–Trinajstić information content (AvgIpc) is 3.37. The molecule has 0 amide bonds. The van der Waals surface area contributed by atoms with Gasteiger partial charge in [-0.05, 0) is 51.2 Å². The molecular formula is C21H21FN6O. The molecule has 0 unspecified atom stereocenters. The number of fused-ring (bicyclic) bond motifs is 1. The van der Waals surface area contributed by atoms with E-state index in [1.165, 1.54) is 6.07 Å². The van der Waals surface area contributed by atoms with Gasteiger partial charge in [0.15, 0.2) is 11.4 Å². The van der Waals surface area contributed by atoms with Gasteiger partial charge >= 0.3 is 0 Å². The Labute approximate surface area is 167 Å². The number of nitrogen functional groups attached to an aromatic ring is 1. The summed E-state index contributed by atoms with van der Waals surface area (Å²) in [6, 6.07) is 6.88. The maximum atomic E-state index is 14.0. The van der Waals surface area contributed by atoms with E-state index in [1.54, 1.807) is 18.3 Å². The van der Waals surface area contributed by atoms with Gasteiger partial charge in [0.05, 0.1) is 17.8 Å². The van der Waals surface area contributed by atoms with Crippen molar-refractivity contribution in [2.45, 2.75) is 18.9 Å². The summed E-state index contributed by atoms with van der Waals surface area (Å²) in [6.45, 7) is 2.14. The highest BCUT2D eigenvalue weighted by molar-refractivity contribution is 5.81. The van der Waals surface area contributed by atoms with Crippen molar-refractivity contribution < 1.29 is 8.81 Å². The number of likely N-dealkylation sites (tertiary alicyclic amines) is 1. The van der Waals surface area contributed by atoms with Crippen molar-refractivity contribution in [3.8, 4) is 22.6 Å². The van der Waals surface area contributed by atoms with E-state index in [-0.39, 0.29) is 17.2 Å². The number of halogens is 1. The molecule has 0 saturated carbocycles. The highest BCUT2D eigenvalue weighted by Gasteiger charge is 2.20. The van der Waals surface area contributed by atoms with Gasteiger partial charge in [0.2, 0.25) is 5.89 Å². The molecule has 4 heterocycles. The molecule has 0 radical (unpaired) electrons. The first-order valence-corrected chi connectivity index (χ1v) is 9.62. The molecule has 5 rings (SSSR count). The monoisotopic (exact) mass is 392 g/mol. The van der Waals surface area contributed by atoms with E-state index in [9.17, 15) is 4.39 Å². The molecule has 4 aromatic rings. The lowest BCUT2D eigenvalue weighted by molar-refractivity contribution is 0.212. The Balaban J connectivity index is 1.49. The summed E-state index contributed by atoms with van der Waals surface area (Å²) < 4.78 is 21.7. The fraction of sp³-hybridized carbons (Fsp3) is 0.286. The summed E-state index contributed by atoms with van der Waals surface area (Å²) in [4.78, 5) is 10.9. The Morgan fingerprint density at radius 2 is 2.00 bits per heavy atom. The zero-order chi connectivity index (χ0) is 20.0. The smallest absolute Gasteiger partial charge is 0.231 e. The molecule has 148 valence electrons. The minimum Gasteiger partial charge on any atom is -0.436 e. The number of aromatic nitrogens is 4. The van der Waals surface area contributed by atoms with Crippen LogP contribution in [0, 0.1) is 5.82 Å². The van der Waals surface area contributed by atoms with Crippen LogP contribution in [-0.4, -0.2) is 44.8 Å². The standard InChI is InChI=1S/C21H21FN6O/c1-27-7-5-15(6-8-27)28-12-14(11-25-28)13-9-16(20(23)24-10-13)21-26-19-17(22)3-2-4-18(19)29-21/h2-4,9-12,15H,5-8H2,1H3,(H2,23,24). The lowest BCUT2D eigenvalue weighted by atomic mass is 10.1. The van der Waals surface area contributed by atoms with Gasteiger partial charge in [-0.25, -0.2) is 14.4 Å². The predicted octanol–water partition coefficient (Wildman–Crippen LogP) is 3.74. The number of para-hydroxylation sites is 1. The molecule has 7 nitrogen and oxygen atoms in total. The zero-order valence-electron chi connectivity index (χ0n) is 16.0. The molecule has 0 atom stereocenters. The average molecular weight is 392 g/mol. The van der Waals surface area contributed by atoms with Crippen LogP contribution in [0.5, 0.6) is 0 Å². The molecule has 3 aromatic heterocycles. The van der Waals surface area contributed by atoms with Gasteiger partial charge < -0.3 is 15.1 Å². The number of anilines is 1.